The Balaban J connectivity index is 1.52. The van der Waals surface area contributed by atoms with Crippen LogP contribution in [0.2, 0.25) is 0 Å². The van der Waals surface area contributed by atoms with Crippen molar-refractivity contribution in [1.82, 2.24) is 0 Å². The molecule has 0 radical (unpaired) electrons. The van der Waals surface area contributed by atoms with E-state index in [1.54, 1.807) is 48.5 Å². The molecule has 0 fully saturated rings. The summed E-state index contributed by atoms with van der Waals surface area (Å²) in [6, 6.07) is 20.2. The number of nitrogens with two attached hydrogens (primary N) is 1. The highest BCUT2D eigenvalue weighted by atomic mass is 16.2. The number of rotatable bonds is 2. The molecule has 35 heavy (non-hydrogen) atoms. The van der Waals surface area contributed by atoms with Crippen LogP contribution in [0.1, 0.15) is 79.6 Å². The second-order valence-corrected chi connectivity index (χ2v) is 8.41. The third kappa shape index (κ3) is 2.74. The molecular weight excluding hydrogens is 442 g/mol. The number of fused-ring (bicyclic) bond motifs is 4. The molecule has 0 spiro atoms. The number of benzene rings is 4. The molecule has 166 valence electrons. The Morgan fingerprint density at radius 3 is 1.49 bits per heavy atom. The highest BCUT2D eigenvalue weighted by Crippen LogP contribution is 2.35. The molecule has 0 aliphatic heterocycles. The van der Waals surface area contributed by atoms with E-state index >= 15 is 0 Å². The zero-order valence-electron chi connectivity index (χ0n) is 18.1. The van der Waals surface area contributed by atoms with E-state index in [0.717, 1.165) is 0 Å². The van der Waals surface area contributed by atoms with Crippen LogP contribution in [0.25, 0.3) is 0 Å². The van der Waals surface area contributed by atoms with Crippen molar-refractivity contribution >= 4 is 34.6 Å². The topological polar surface area (TPSA) is 111 Å². The van der Waals surface area contributed by atoms with E-state index in [0.29, 0.717) is 0 Å². The monoisotopic (exact) mass is 457 g/mol. The maximum Gasteiger partial charge on any atom is 0.196 e. The molecule has 4 aromatic rings. The van der Waals surface area contributed by atoms with Crippen LogP contribution in [-0.2, 0) is 0 Å². The molecule has 0 amide bonds. The number of carbonyl (C=O) groups excluding carboxylic acids is 5. The Hall–Kier alpha value is -4.97. The van der Waals surface area contributed by atoms with Gasteiger partial charge in [0.25, 0.3) is 0 Å². The van der Waals surface area contributed by atoms with Crippen molar-refractivity contribution < 1.29 is 24.0 Å². The van der Waals surface area contributed by atoms with Crippen molar-refractivity contribution in [1.29, 1.82) is 0 Å². The van der Waals surface area contributed by atoms with Crippen molar-refractivity contribution in [3.8, 4) is 0 Å². The lowest BCUT2D eigenvalue weighted by atomic mass is 9.79. The van der Waals surface area contributed by atoms with Gasteiger partial charge >= 0.3 is 0 Å². The van der Waals surface area contributed by atoms with E-state index in [1.165, 1.54) is 30.3 Å². The lowest BCUT2D eigenvalue weighted by Crippen LogP contribution is -2.25. The van der Waals surface area contributed by atoms with Gasteiger partial charge in [0.15, 0.2) is 28.9 Å². The number of nitrogen functional groups attached to an aromatic ring is 1. The summed E-state index contributed by atoms with van der Waals surface area (Å²) in [5.41, 5.74) is 7.42. The summed E-state index contributed by atoms with van der Waals surface area (Å²) < 4.78 is 0. The van der Waals surface area contributed by atoms with Crippen LogP contribution in [0, 0.1) is 0 Å². The molecular formula is C29H15NO5. The zero-order valence-corrected chi connectivity index (χ0v) is 18.1. The average Bonchev–Trinajstić information content (AvgIpc) is 2.89. The Kier molecular flexibility index (Phi) is 4.28. The largest absolute Gasteiger partial charge is 0.398 e. The molecule has 0 aromatic heterocycles. The predicted octanol–water partition coefficient (Wildman–Crippen LogP) is 4.05. The third-order valence-corrected chi connectivity index (χ3v) is 6.58. The standard InChI is InChI=1S/C29H15NO5/c30-24-21(13-12-20-23(24)29(35)17-9-4-2-7-15(17)26(20)32)27(33)19-11-5-10-18-22(19)28(34)16-8-3-1-6-14(16)25(18)31/h1-13H,30H2. The predicted molar refractivity (Wildman–Crippen MR) is 127 cm³/mol. The Bertz CT molecular complexity index is 1700. The van der Waals surface area contributed by atoms with Gasteiger partial charge < -0.3 is 5.73 Å². The first-order chi connectivity index (χ1) is 16.9. The van der Waals surface area contributed by atoms with Gasteiger partial charge in [0.05, 0.1) is 11.3 Å². The summed E-state index contributed by atoms with van der Waals surface area (Å²) >= 11 is 0. The molecule has 0 saturated heterocycles. The van der Waals surface area contributed by atoms with Crippen LogP contribution in [0.15, 0.2) is 78.9 Å². The fraction of sp³-hybridized carbons (Fsp3) is 0. The smallest absolute Gasteiger partial charge is 0.196 e. The second-order valence-electron chi connectivity index (χ2n) is 8.41. The van der Waals surface area contributed by atoms with Crippen LogP contribution in [0.5, 0.6) is 0 Å². The first kappa shape index (κ1) is 20.6. The quantitative estimate of drug-likeness (QED) is 0.310. The molecule has 2 aliphatic rings. The SMILES string of the molecule is Nc1c(C(=O)c2cccc3c2C(=O)c2ccccc2C3=O)ccc2c1C(=O)c1ccccc1C2=O. The van der Waals surface area contributed by atoms with Gasteiger partial charge in [0, 0.05) is 50.1 Å². The lowest BCUT2D eigenvalue weighted by molar-refractivity contribution is 0.0970. The minimum absolute atomic E-state index is 0.00562. The molecule has 2 aliphatic carbocycles. The van der Waals surface area contributed by atoms with Crippen LogP contribution >= 0.6 is 0 Å². The Labute approximate surface area is 199 Å². The van der Waals surface area contributed by atoms with Crippen LogP contribution in [-0.4, -0.2) is 28.9 Å². The van der Waals surface area contributed by atoms with Crippen LogP contribution in [0.3, 0.4) is 0 Å². The summed E-state index contributed by atoms with van der Waals surface area (Å²) in [5.74, 6) is -2.19. The fourth-order valence-corrected chi connectivity index (χ4v) is 4.89. The summed E-state index contributed by atoms with van der Waals surface area (Å²) in [4.78, 5) is 66.2. The maximum atomic E-state index is 13.7. The fourth-order valence-electron chi connectivity index (χ4n) is 4.89. The normalized spacial score (nSPS) is 13.6. The van der Waals surface area contributed by atoms with E-state index < -0.39 is 17.3 Å². The Morgan fingerprint density at radius 2 is 0.914 bits per heavy atom. The minimum Gasteiger partial charge on any atom is -0.398 e. The lowest BCUT2D eigenvalue weighted by Gasteiger charge is -2.22. The average molecular weight is 457 g/mol. The van der Waals surface area contributed by atoms with Crippen molar-refractivity contribution in [2.45, 2.75) is 0 Å². The summed E-state index contributed by atoms with van der Waals surface area (Å²) in [6.45, 7) is 0. The van der Waals surface area contributed by atoms with Crippen molar-refractivity contribution in [2.24, 2.45) is 0 Å². The van der Waals surface area contributed by atoms with E-state index in [2.05, 4.69) is 0 Å². The molecule has 2 N–H and O–H groups in total. The van der Waals surface area contributed by atoms with E-state index in [9.17, 15) is 24.0 Å². The molecule has 0 bridgehead atoms. The molecule has 4 aromatic carbocycles. The van der Waals surface area contributed by atoms with Gasteiger partial charge in [-0.2, -0.15) is 0 Å². The summed E-state index contributed by atoms with van der Waals surface area (Å²) in [6.07, 6.45) is 0. The number of hydrogen-bond acceptors (Lipinski definition) is 6. The summed E-state index contributed by atoms with van der Waals surface area (Å²) in [5, 5.41) is 0. The van der Waals surface area contributed by atoms with E-state index in [-0.39, 0.29) is 72.9 Å². The number of anilines is 1. The Morgan fingerprint density at radius 1 is 0.457 bits per heavy atom. The van der Waals surface area contributed by atoms with Crippen LogP contribution < -0.4 is 5.73 Å². The third-order valence-electron chi connectivity index (χ3n) is 6.58. The van der Waals surface area contributed by atoms with Crippen molar-refractivity contribution in [3.63, 3.8) is 0 Å². The number of carbonyl (C=O) groups is 5. The van der Waals surface area contributed by atoms with Gasteiger partial charge in [-0.05, 0) is 12.1 Å². The molecule has 0 atom stereocenters. The first-order valence-electron chi connectivity index (χ1n) is 10.9. The minimum atomic E-state index is -0.609. The second kappa shape index (κ2) is 7.27. The molecule has 6 rings (SSSR count). The van der Waals surface area contributed by atoms with Gasteiger partial charge in [-0.15, -0.1) is 0 Å². The molecule has 6 heteroatoms. The van der Waals surface area contributed by atoms with Gasteiger partial charge in [0.2, 0.25) is 0 Å². The first-order valence-corrected chi connectivity index (χ1v) is 10.9. The molecule has 0 heterocycles. The summed E-state index contributed by atoms with van der Waals surface area (Å²) in [7, 11) is 0. The highest BCUT2D eigenvalue weighted by Gasteiger charge is 2.36. The van der Waals surface area contributed by atoms with Crippen LogP contribution in [0.4, 0.5) is 5.69 Å². The van der Waals surface area contributed by atoms with Crippen molar-refractivity contribution in [2.75, 3.05) is 5.73 Å². The van der Waals surface area contributed by atoms with Gasteiger partial charge in [0.1, 0.15) is 0 Å². The molecule has 0 unspecified atom stereocenters. The van der Waals surface area contributed by atoms with E-state index in [1.807, 2.05) is 0 Å². The van der Waals surface area contributed by atoms with E-state index in [4.69, 9.17) is 5.73 Å². The molecule has 0 saturated carbocycles. The van der Waals surface area contributed by atoms with Gasteiger partial charge in [-0.25, -0.2) is 0 Å². The van der Waals surface area contributed by atoms with Gasteiger partial charge in [-0.3, -0.25) is 24.0 Å². The number of ketones is 5. The van der Waals surface area contributed by atoms with Gasteiger partial charge in [-0.1, -0.05) is 66.7 Å². The van der Waals surface area contributed by atoms with Crippen molar-refractivity contribution in [3.05, 3.63) is 134 Å². The molecule has 6 nitrogen and oxygen atoms in total. The zero-order chi connectivity index (χ0) is 24.4. The highest BCUT2D eigenvalue weighted by molar-refractivity contribution is 6.34. The maximum absolute atomic E-state index is 13.7. The number of hydrogen-bond donors (Lipinski definition) is 1.